The number of hydrogen-bond donors (Lipinski definition) is 1. The number of benzene rings is 2. The van der Waals surface area contributed by atoms with Gasteiger partial charge in [-0.1, -0.05) is 18.2 Å². The van der Waals surface area contributed by atoms with Crippen LogP contribution in [0.3, 0.4) is 0 Å². The Bertz CT molecular complexity index is 1020. The first-order chi connectivity index (χ1) is 11.7. The molecule has 6 heteroatoms. The van der Waals surface area contributed by atoms with Crippen LogP contribution in [0.5, 0.6) is 5.75 Å². The quantitative estimate of drug-likeness (QED) is 0.623. The van der Waals surface area contributed by atoms with E-state index in [1.165, 1.54) is 12.1 Å². The molecule has 0 atom stereocenters. The van der Waals surface area contributed by atoms with Crippen molar-refractivity contribution in [2.75, 3.05) is 7.11 Å². The Labute approximate surface area is 137 Å². The number of halogens is 1. The molecular weight excluding hydrogens is 307 g/mol. The van der Waals surface area contributed by atoms with E-state index in [9.17, 15) is 4.39 Å². The molecule has 5 nitrogen and oxygen atoms in total. The first-order valence-electron chi connectivity index (χ1n) is 7.52. The summed E-state index contributed by atoms with van der Waals surface area (Å²) in [5.74, 6) is 0.767. The molecule has 4 aromatic rings. The van der Waals surface area contributed by atoms with E-state index in [1.54, 1.807) is 17.9 Å². The lowest BCUT2D eigenvalue weighted by Gasteiger charge is -2.06. The molecule has 1 N–H and O–H groups in total. The van der Waals surface area contributed by atoms with Gasteiger partial charge >= 0.3 is 0 Å². The van der Waals surface area contributed by atoms with Gasteiger partial charge in [0, 0.05) is 0 Å². The van der Waals surface area contributed by atoms with Crippen molar-refractivity contribution in [1.29, 1.82) is 0 Å². The molecule has 120 valence electrons. The highest BCUT2D eigenvalue weighted by Crippen LogP contribution is 2.31. The average molecular weight is 322 g/mol. The summed E-state index contributed by atoms with van der Waals surface area (Å²) in [7, 11) is 1.55. The van der Waals surface area contributed by atoms with Crippen LogP contribution in [-0.4, -0.2) is 26.9 Å². The highest BCUT2D eigenvalue weighted by Gasteiger charge is 2.17. The third kappa shape index (κ3) is 2.23. The van der Waals surface area contributed by atoms with Gasteiger partial charge in [-0.15, -0.1) is 0 Å². The van der Waals surface area contributed by atoms with E-state index in [1.807, 2.05) is 37.3 Å². The van der Waals surface area contributed by atoms with Gasteiger partial charge in [0.15, 0.2) is 5.65 Å². The topological polar surface area (TPSA) is 55.7 Å². The molecule has 24 heavy (non-hydrogen) atoms. The van der Waals surface area contributed by atoms with Gasteiger partial charge < -0.3 is 9.72 Å². The number of nitrogens with one attached hydrogen (secondary N) is 1. The minimum Gasteiger partial charge on any atom is -0.496 e. The molecule has 0 spiro atoms. The number of H-pyrrole nitrogens is 1. The second kappa shape index (κ2) is 5.49. The Morgan fingerprint density at radius 2 is 1.92 bits per heavy atom. The van der Waals surface area contributed by atoms with Crippen LogP contribution in [0.1, 0.15) is 5.69 Å². The summed E-state index contributed by atoms with van der Waals surface area (Å²) < 4.78 is 20.8. The molecule has 0 saturated carbocycles. The fourth-order valence-corrected chi connectivity index (χ4v) is 2.76. The molecular formula is C18H15FN4O. The molecule has 0 unspecified atom stereocenters. The summed E-state index contributed by atoms with van der Waals surface area (Å²) in [6.07, 6.45) is 0. The number of hydrogen-bond acceptors (Lipinski definition) is 3. The molecule has 2 aromatic heterocycles. The van der Waals surface area contributed by atoms with Crippen LogP contribution in [0.15, 0.2) is 48.5 Å². The zero-order valence-corrected chi connectivity index (χ0v) is 13.2. The lowest BCUT2D eigenvalue weighted by Crippen LogP contribution is -1.97. The molecule has 2 heterocycles. The SMILES string of the molecule is COc1ccc(F)cc1-c1nc2c([nH]1)c(C)nn2-c1ccccc1. The van der Waals surface area contributed by atoms with Gasteiger partial charge in [0.1, 0.15) is 22.9 Å². The van der Waals surface area contributed by atoms with Gasteiger partial charge in [-0.3, -0.25) is 0 Å². The molecule has 0 aliphatic carbocycles. The van der Waals surface area contributed by atoms with E-state index < -0.39 is 0 Å². The smallest absolute Gasteiger partial charge is 0.181 e. The number of para-hydroxylation sites is 1. The van der Waals surface area contributed by atoms with Gasteiger partial charge in [0.25, 0.3) is 0 Å². The van der Waals surface area contributed by atoms with Crippen molar-refractivity contribution < 1.29 is 9.13 Å². The second-order valence-corrected chi connectivity index (χ2v) is 5.46. The predicted molar refractivity (Wildman–Crippen MR) is 89.9 cm³/mol. The van der Waals surface area contributed by atoms with Crippen molar-refractivity contribution >= 4 is 11.2 Å². The van der Waals surface area contributed by atoms with E-state index >= 15 is 0 Å². The van der Waals surface area contributed by atoms with Crippen LogP contribution in [0, 0.1) is 12.7 Å². The van der Waals surface area contributed by atoms with E-state index in [-0.39, 0.29) is 5.82 Å². The summed E-state index contributed by atoms with van der Waals surface area (Å²) in [5.41, 5.74) is 3.83. The largest absolute Gasteiger partial charge is 0.496 e. The monoisotopic (exact) mass is 322 g/mol. The van der Waals surface area contributed by atoms with Crippen LogP contribution < -0.4 is 4.74 Å². The van der Waals surface area contributed by atoms with Crippen LogP contribution >= 0.6 is 0 Å². The summed E-state index contributed by atoms with van der Waals surface area (Å²) in [5, 5.41) is 4.53. The van der Waals surface area contributed by atoms with Crippen LogP contribution in [0.2, 0.25) is 0 Å². The molecule has 0 aliphatic heterocycles. The highest BCUT2D eigenvalue weighted by molar-refractivity contribution is 5.81. The van der Waals surface area contributed by atoms with Gasteiger partial charge in [-0.2, -0.15) is 5.10 Å². The minimum atomic E-state index is -0.340. The minimum absolute atomic E-state index is 0.340. The van der Waals surface area contributed by atoms with Crippen molar-refractivity contribution in [2.45, 2.75) is 6.92 Å². The van der Waals surface area contributed by atoms with Crippen molar-refractivity contribution in [2.24, 2.45) is 0 Å². The van der Waals surface area contributed by atoms with E-state index in [4.69, 9.17) is 4.74 Å². The number of aromatic amines is 1. The van der Waals surface area contributed by atoms with E-state index in [0.29, 0.717) is 22.8 Å². The third-order valence-corrected chi connectivity index (χ3v) is 3.91. The Hall–Kier alpha value is -3.15. The number of methoxy groups -OCH3 is 1. The predicted octanol–water partition coefficient (Wildman–Crippen LogP) is 3.87. The number of aryl methyl sites for hydroxylation is 1. The molecule has 2 aromatic carbocycles. The Kier molecular flexibility index (Phi) is 3.30. The van der Waals surface area contributed by atoms with Gasteiger partial charge in [-0.25, -0.2) is 14.1 Å². The maximum absolute atomic E-state index is 13.7. The first-order valence-corrected chi connectivity index (χ1v) is 7.52. The van der Waals surface area contributed by atoms with E-state index in [0.717, 1.165) is 16.9 Å². The maximum atomic E-state index is 13.7. The number of fused-ring (bicyclic) bond motifs is 1. The normalized spacial score (nSPS) is 11.1. The van der Waals surface area contributed by atoms with Gasteiger partial charge in [-0.05, 0) is 37.3 Å². The average Bonchev–Trinajstić information content (AvgIpc) is 3.16. The number of rotatable bonds is 3. The lowest BCUT2D eigenvalue weighted by atomic mass is 10.2. The zero-order chi connectivity index (χ0) is 16.7. The fraction of sp³-hybridized carbons (Fsp3) is 0.111. The molecule has 0 aliphatic rings. The van der Waals surface area contributed by atoms with E-state index in [2.05, 4.69) is 15.1 Å². The van der Waals surface area contributed by atoms with Crippen LogP contribution in [0.4, 0.5) is 4.39 Å². The summed E-state index contributed by atoms with van der Waals surface area (Å²) in [6.45, 7) is 1.91. The van der Waals surface area contributed by atoms with Gasteiger partial charge in [0.05, 0.1) is 24.1 Å². The Balaban J connectivity index is 1.93. The molecule has 0 saturated heterocycles. The Morgan fingerprint density at radius 3 is 2.67 bits per heavy atom. The standard InChI is InChI=1S/C18H15FN4O/c1-11-16-18(23(22-11)13-6-4-3-5-7-13)21-17(20-16)14-10-12(19)8-9-15(14)24-2/h3-10H,1-2H3,(H,20,21). The van der Waals surface area contributed by atoms with Crippen molar-refractivity contribution in [3.63, 3.8) is 0 Å². The molecule has 0 bridgehead atoms. The third-order valence-electron chi connectivity index (χ3n) is 3.91. The summed E-state index contributed by atoms with van der Waals surface area (Å²) in [4.78, 5) is 7.86. The van der Waals surface area contributed by atoms with Crippen LogP contribution in [-0.2, 0) is 0 Å². The molecule has 4 rings (SSSR count). The molecule has 0 fully saturated rings. The molecule has 0 amide bonds. The fourth-order valence-electron chi connectivity index (χ4n) is 2.76. The number of imidazole rings is 1. The van der Waals surface area contributed by atoms with Crippen molar-refractivity contribution in [1.82, 2.24) is 19.7 Å². The lowest BCUT2D eigenvalue weighted by molar-refractivity contribution is 0.415. The zero-order valence-electron chi connectivity index (χ0n) is 13.2. The number of aromatic nitrogens is 4. The number of ether oxygens (including phenoxy) is 1. The molecule has 0 radical (unpaired) electrons. The Morgan fingerprint density at radius 1 is 1.12 bits per heavy atom. The summed E-state index contributed by atoms with van der Waals surface area (Å²) >= 11 is 0. The van der Waals surface area contributed by atoms with Gasteiger partial charge in [0.2, 0.25) is 0 Å². The maximum Gasteiger partial charge on any atom is 0.181 e. The number of nitrogens with zero attached hydrogens (tertiary/aromatic N) is 3. The van der Waals surface area contributed by atoms with Crippen molar-refractivity contribution in [3.8, 4) is 22.8 Å². The summed E-state index contributed by atoms with van der Waals surface area (Å²) in [6, 6.07) is 14.1. The first kappa shape index (κ1) is 14.4. The van der Waals surface area contributed by atoms with Crippen LogP contribution in [0.25, 0.3) is 28.2 Å². The second-order valence-electron chi connectivity index (χ2n) is 5.46. The highest BCUT2D eigenvalue weighted by atomic mass is 19.1. The van der Waals surface area contributed by atoms with Crippen molar-refractivity contribution in [3.05, 3.63) is 60.0 Å².